The van der Waals surface area contributed by atoms with Gasteiger partial charge in [0.25, 0.3) is 0 Å². The Balaban J connectivity index is 0.00000320. The van der Waals surface area contributed by atoms with Gasteiger partial charge in [-0.1, -0.05) is 30.3 Å². The third-order valence-corrected chi connectivity index (χ3v) is 5.54. The first-order valence-corrected chi connectivity index (χ1v) is 11.3. The van der Waals surface area contributed by atoms with Crippen LogP contribution in [-0.2, 0) is 23.1 Å². The first kappa shape index (κ1) is 24.4. The second-order valence-electron chi connectivity index (χ2n) is 7.10. The lowest BCUT2D eigenvalue weighted by Crippen LogP contribution is -2.36. The highest BCUT2D eigenvalue weighted by Gasteiger charge is 2.22. The maximum Gasteiger partial charge on any atom is 0.238 e. The van der Waals surface area contributed by atoms with Crippen molar-refractivity contribution >= 4 is 40.0 Å². The molecule has 3 rings (SSSR count). The quantitative estimate of drug-likeness (QED) is 0.256. The molecule has 1 aliphatic carbocycles. The van der Waals surface area contributed by atoms with Gasteiger partial charge in [-0.25, -0.2) is 18.5 Å². The second kappa shape index (κ2) is 11.5. The van der Waals surface area contributed by atoms with Gasteiger partial charge in [0.05, 0.1) is 18.0 Å². The Kier molecular flexibility index (Phi) is 9.37. The minimum absolute atomic E-state index is 0. The van der Waals surface area contributed by atoms with Crippen molar-refractivity contribution < 1.29 is 13.2 Å². The fourth-order valence-electron chi connectivity index (χ4n) is 2.76. The standard InChI is InChI=1S/C21H28N4O3S.HI/c1-2-23-21(24-13-16-9-11-19(12-10-16)29(22,26)27)25-14-18-5-3-4-6-20(18)28-15-17-7-8-17;/h3-6,9-12,17H,2,7-8,13-15H2,1H3,(H2,22,26,27)(H2,23,24,25);1H. The molecule has 0 bridgehead atoms. The highest BCUT2D eigenvalue weighted by atomic mass is 127. The number of primary sulfonamides is 1. The van der Waals surface area contributed by atoms with E-state index >= 15 is 0 Å². The average molecular weight is 544 g/mol. The number of guanidine groups is 1. The van der Waals surface area contributed by atoms with Gasteiger partial charge in [-0.3, -0.25) is 0 Å². The average Bonchev–Trinajstić information content (AvgIpc) is 3.53. The zero-order chi connectivity index (χ0) is 20.7. The van der Waals surface area contributed by atoms with Crippen LogP contribution in [0.1, 0.15) is 30.9 Å². The topological polar surface area (TPSA) is 106 Å². The molecule has 9 heteroatoms. The van der Waals surface area contributed by atoms with Crippen molar-refractivity contribution in [2.45, 2.75) is 37.8 Å². The molecule has 0 atom stereocenters. The van der Waals surface area contributed by atoms with Crippen LogP contribution >= 0.6 is 24.0 Å². The van der Waals surface area contributed by atoms with Gasteiger partial charge < -0.3 is 15.4 Å². The highest BCUT2D eigenvalue weighted by molar-refractivity contribution is 14.0. The molecule has 0 aliphatic heterocycles. The largest absolute Gasteiger partial charge is 0.493 e. The second-order valence-corrected chi connectivity index (χ2v) is 8.66. The molecule has 0 unspecified atom stereocenters. The van der Waals surface area contributed by atoms with Crippen LogP contribution in [0.2, 0.25) is 0 Å². The molecule has 0 heterocycles. The summed E-state index contributed by atoms with van der Waals surface area (Å²) >= 11 is 0. The highest BCUT2D eigenvalue weighted by Crippen LogP contribution is 2.30. The van der Waals surface area contributed by atoms with E-state index in [0.29, 0.717) is 25.0 Å². The first-order valence-electron chi connectivity index (χ1n) is 9.80. The number of hydrogen-bond acceptors (Lipinski definition) is 4. The summed E-state index contributed by atoms with van der Waals surface area (Å²) in [5.41, 5.74) is 1.97. The molecule has 7 nitrogen and oxygen atoms in total. The Labute approximate surface area is 195 Å². The van der Waals surface area contributed by atoms with E-state index in [-0.39, 0.29) is 28.9 Å². The van der Waals surface area contributed by atoms with Crippen LogP contribution in [0.4, 0.5) is 0 Å². The number of aliphatic imine (C=N–C) groups is 1. The van der Waals surface area contributed by atoms with Gasteiger partial charge in [0.2, 0.25) is 10.0 Å². The van der Waals surface area contributed by atoms with E-state index in [0.717, 1.165) is 30.0 Å². The van der Waals surface area contributed by atoms with Crippen LogP contribution in [0, 0.1) is 5.92 Å². The van der Waals surface area contributed by atoms with Crippen LogP contribution in [0.15, 0.2) is 58.4 Å². The molecule has 2 aromatic rings. The number of sulfonamides is 1. The van der Waals surface area contributed by atoms with Gasteiger partial charge >= 0.3 is 0 Å². The van der Waals surface area contributed by atoms with Gasteiger partial charge in [-0.15, -0.1) is 24.0 Å². The van der Waals surface area contributed by atoms with Crippen molar-refractivity contribution in [1.29, 1.82) is 0 Å². The van der Waals surface area contributed by atoms with E-state index in [9.17, 15) is 8.42 Å². The van der Waals surface area contributed by atoms with Crippen LogP contribution in [-0.4, -0.2) is 27.5 Å². The lowest BCUT2D eigenvalue weighted by Gasteiger charge is -2.14. The van der Waals surface area contributed by atoms with Crippen molar-refractivity contribution in [3.05, 3.63) is 59.7 Å². The SMILES string of the molecule is CCNC(=NCc1ccc(S(N)(=O)=O)cc1)NCc1ccccc1OCC1CC1.I. The summed E-state index contributed by atoms with van der Waals surface area (Å²) in [4.78, 5) is 4.67. The van der Waals surface area contributed by atoms with Crippen LogP contribution in [0.25, 0.3) is 0 Å². The minimum atomic E-state index is -3.68. The number of rotatable bonds is 9. The molecule has 1 aliphatic rings. The number of benzene rings is 2. The van der Waals surface area contributed by atoms with Gasteiger partial charge in [-0.2, -0.15) is 0 Å². The minimum Gasteiger partial charge on any atom is -0.493 e. The van der Waals surface area contributed by atoms with E-state index in [4.69, 9.17) is 9.88 Å². The molecule has 30 heavy (non-hydrogen) atoms. The fourth-order valence-corrected chi connectivity index (χ4v) is 3.27. The van der Waals surface area contributed by atoms with E-state index in [1.54, 1.807) is 12.1 Å². The smallest absolute Gasteiger partial charge is 0.238 e. The number of nitrogens with zero attached hydrogens (tertiary/aromatic N) is 1. The molecule has 0 radical (unpaired) electrons. The van der Waals surface area contributed by atoms with Gasteiger partial charge in [0.1, 0.15) is 5.75 Å². The predicted octanol–water partition coefficient (Wildman–Crippen LogP) is 3.00. The fraction of sp³-hybridized carbons (Fsp3) is 0.381. The van der Waals surface area contributed by atoms with Crippen molar-refractivity contribution in [3.63, 3.8) is 0 Å². The third-order valence-electron chi connectivity index (χ3n) is 4.61. The Morgan fingerprint density at radius 1 is 1.13 bits per heavy atom. The summed E-state index contributed by atoms with van der Waals surface area (Å²) in [6.07, 6.45) is 2.52. The van der Waals surface area contributed by atoms with E-state index < -0.39 is 10.0 Å². The molecular formula is C21H29IN4O3S. The van der Waals surface area contributed by atoms with Crippen molar-refractivity contribution in [2.75, 3.05) is 13.2 Å². The summed E-state index contributed by atoms with van der Waals surface area (Å²) < 4.78 is 28.7. The van der Waals surface area contributed by atoms with Crippen molar-refractivity contribution in [1.82, 2.24) is 10.6 Å². The molecule has 0 aromatic heterocycles. The van der Waals surface area contributed by atoms with Gasteiger partial charge in [-0.05, 0) is 49.4 Å². The monoisotopic (exact) mass is 544 g/mol. The molecule has 0 saturated heterocycles. The van der Waals surface area contributed by atoms with Crippen molar-refractivity contribution in [2.24, 2.45) is 16.0 Å². The Bertz CT molecular complexity index is 945. The number of para-hydroxylation sites is 1. The number of nitrogens with one attached hydrogen (secondary N) is 2. The van der Waals surface area contributed by atoms with Gasteiger partial charge in [0.15, 0.2) is 5.96 Å². The van der Waals surface area contributed by atoms with E-state index in [1.165, 1.54) is 25.0 Å². The molecular weight excluding hydrogens is 515 g/mol. The molecule has 4 N–H and O–H groups in total. The normalized spacial score (nSPS) is 14.0. The lowest BCUT2D eigenvalue weighted by atomic mass is 10.2. The summed E-state index contributed by atoms with van der Waals surface area (Å²) in [6, 6.07) is 14.4. The molecule has 0 amide bonds. The summed E-state index contributed by atoms with van der Waals surface area (Å²) in [5, 5.41) is 11.7. The predicted molar refractivity (Wildman–Crippen MR) is 130 cm³/mol. The number of ether oxygens (including phenoxy) is 1. The van der Waals surface area contributed by atoms with E-state index in [1.807, 2.05) is 31.2 Å². The molecule has 1 saturated carbocycles. The summed E-state index contributed by atoms with van der Waals surface area (Å²) in [7, 11) is -3.68. The van der Waals surface area contributed by atoms with E-state index in [2.05, 4.69) is 15.6 Å². The Hall–Kier alpha value is -1.85. The molecule has 164 valence electrons. The lowest BCUT2D eigenvalue weighted by molar-refractivity contribution is 0.296. The zero-order valence-electron chi connectivity index (χ0n) is 17.0. The zero-order valence-corrected chi connectivity index (χ0v) is 20.2. The number of nitrogens with two attached hydrogens (primary N) is 1. The Morgan fingerprint density at radius 2 is 1.83 bits per heavy atom. The molecule has 1 fully saturated rings. The van der Waals surface area contributed by atoms with Crippen LogP contribution in [0.5, 0.6) is 5.75 Å². The van der Waals surface area contributed by atoms with Crippen LogP contribution < -0.4 is 20.5 Å². The summed E-state index contributed by atoms with van der Waals surface area (Å²) in [6.45, 7) is 4.53. The molecule has 0 spiro atoms. The first-order chi connectivity index (χ1) is 14.0. The number of halogens is 1. The maximum atomic E-state index is 11.4. The van der Waals surface area contributed by atoms with Gasteiger partial charge in [0, 0.05) is 18.7 Å². The third kappa shape index (κ3) is 7.77. The van der Waals surface area contributed by atoms with Crippen molar-refractivity contribution in [3.8, 4) is 5.75 Å². The summed E-state index contributed by atoms with van der Waals surface area (Å²) in [5.74, 6) is 2.29. The Morgan fingerprint density at radius 3 is 2.47 bits per heavy atom. The van der Waals surface area contributed by atoms with Crippen LogP contribution in [0.3, 0.4) is 0 Å². The molecule has 2 aromatic carbocycles. The number of hydrogen-bond donors (Lipinski definition) is 3. The maximum absolute atomic E-state index is 11.4.